The van der Waals surface area contributed by atoms with Crippen LogP contribution in [0, 0.1) is 0 Å². The third-order valence-corrected chi connectivity index (χ3v) is 0.343. The minimum Gasteiger partial charge on any atom is -0.480 e. The molecule has 2 nitrogen and oxygen atoms in total. The minimum atomic E-state index is -0.980. The van der Waals surface area contributed by atoms with Gasteiger partial charge >= 0.3 is 5.97 Å². The van der Waals surface area contributed by atoms with Crippen LogP contribution >= 0.6 is 36.4 Å². The van der Waals surface area contributed by atoms with Crippen molar-refractivity contribution in [1.82, 2.24) is 0 Å². The quantitative estimate of drug-likeness (QED) is 0.595. The predicted octanol–water partition coefficient (Wildman–Crippen LogP) is 1.15. The smallest absolute Gasteiger partial charge is 0.318 e. The van der Waals surface area contributed by atoms with E-state index in [4.69, 9.17) is 16.7 Å². The summed E-state index contributed by atoms with van der Waals surface area (Å²) in [5.41, 5.74) is 0. The summed E-state index contributed by atoms with van der Waals surface area (Å²) in [5.74, 6) is -1.29. The highest BCUT2D eigenvalue weighted by molar-refractivity contribution is 6.26. The highest BCUT2D eigenvalue weighted by atomic mass is 35.5. The van der Waals surface area contributed by atoms with Crippen molar-refractivity contribution >= 4 is 42.4 Å². The van der Waals surface area contributed by atoms with Crippen molar-refractivity contribution in [1.29, 1.82) is 0 Å². The van der Waals surface area contributed by atoms with Crippen molar-refractivity contribution in [2.24, 2.45) is 0 Å². The molecule has 0 aromatic heterocycles. The van der Waals surface area contributed by atoms with Crippen molar-refractivity contribution in [3.8, 4) is 0 Å². The van der Waals surface area contributed by atoms with E-state index in [2.05, 4.69) is 0 Å². The molecule has 46 valence electrons. The van der Waals surface area contributed by atoms with Crippen LogP contribution in [0.2, 0.25) is 0 Å². The van der Waals surface area contributed by atoms with Gasteiger partial charge in [-0.2, -0.15) is 0 Å². The summed E-state index contributed by atoms with van der Waals surface area (Å²) >= 11 is 4.74. The standard InChI is InChI=1S/C2H3ClO2.2ClH/c3-1-2(4)5;;/h1H2,(H,4,5);2*1H. The molecule has 7 heavy (non-hydrogen) atoms. The van der Waals surface area contributed by atoms with E-state index in [0.717, 1.165) is 0 Å². The molecule has 0 aromatic rings. The first kappa shape index (κ1) is 15.7. The van der Waals surface area contributed by atoms with Crippen LogP contribution < -0.4 is 0 Å². The largest absolute Gasteiger partial charge is 0.480 e. The summed E-state index contributed by atoms with van der Waals surface area (Å²) in [6.45, 7) is 0. The van der Waals surface area contributed by atoms with Gasteiger partial charge in [-0.3, -0.25) is 4.79 Å². The van der Waals surface area contributed by atoms with Crippen molar-refractivity contribution in [2.45, 2.75) is 0 Å². The molecule has 0 heterocycles. The molecule has 0 unspecified atom stereocenters. The van der Waals surface area contributed by atoms with Crippen LogP contribution in [0.1, 0.15) is 0 Å². The fourth-order valence-corrected chi connectivity index (χ4v) is 0. The van der Waals surface area contributed by atoms with Crippen LogP contribution in [0.4, 0.5) is 0 Å². The first-order valence-electron chi connectivity index (χ1n) is 1.05. The molecule has 0 amide bonds. The van der Waals surface area contributed by atoms with Gasteiger partial charge in [-0.05, 0) is 0 Å². The van der Waals surface area contributed by atoms with Gasteiger partial charge in [0.05, 0.1) is 0 Å². The van der Waals surface area contributed by atoms with E-state index >= 15 is 0 Å². The predicted molar refractivity (Wildman–Crippen MR) is 32.9 cm³/mol. The van der Waals surface area contributed by atoms with Crippen LogP contribution in [-0.2, 0) is 4.79 Å². The van der Waals surface area contributed by atoms with Gasteiger partial charge in [0.1, 0.15) is 5.88 Å². The number of halogens is 3. The number of carboxylic acid groups (broad SMARTS) is 1. The molecule has 0 saturated carbocycles. The van der Waals surface area contributed by atoms with Crippen LogP contribution in [0.3, 0.4) is 0 Å². The van der Waals surface area contributed by atoms with Crippen molar-refractivity contribution in [3.05, 3.63) is 0 Å². The molecule has 0 fully saturated rings. The summed E-state index contributed by atoms with van der Waals surface area (Å²) in [6, 6.07) is 0. The van der Waals surface area contributed by atoms with E-state index in [1.165, 1.54) is 0 Å². The SMILES string of the molecule is Cl.Cl.O=C(O)CCl. The lowest BCUT2D eigenvalue weighted by Crippen LogP contribution is -1.92. The Hall–Kier alpha value is 0.340. The Morgan fingerprint density at radius 3 is 1.71 bits per heavy atom. The minimum absolute atomic E-state index is 0. The topological polar surface area (TPSA) is 37.3 Å². The van der Waals surface area contributed by atoms with Crippen molar-refractivity contribution in [2.75, 3.05) is 5.88 Å². The number of alkyl halides is 1. The summed E-state index contributed by atoms with van der Waals surface area (Å²) in [6.07, 6.45) is 0. The zero-order chi connectivity index (χ0) is 4.28. The van der Waals surface area contributed by atoms with Gasteiger partial charge in [-0.1, -0.05) is 0 Å². The zero-order valence-electron chi connectivity index (χ0n) is 3.26. The van der Waals surface area contributed by atoms with E-state index in [-0.39, 0.29) is 30.7 Å². The van der Waals surface area contributed by atoms with Gasteiger partial charge in [0, 0.05) is 0 Å². The lowest BCUT2D eigenvalue weighted by atomic mass is 10.8. The van der Waals surface area contributed by atoms with Gasteiger partial charge in [-0.25, -0.2) is 0 Å². The average molecular weight is 167 g/mol. The molecule has 5 heteroatoms. The number of aliphatic carboxylic acids is 1. The fraction of sp³-hybridized carbons (Fsp3) is 0.500. The van der Waals surface area contributed by atoms with E-state index in [0.29, 0.717) is 0 Å². The maximum atomic E-state index is 9.24. The zero-order valence-corrected chi connectivity index (χ0v) is 5.65. The third-order valence-electron chi connectivity index (χ3n) is 0.114. The maximum absolute atomic E-state index is 9.24. The number of carbonyl (C=O) groups is 1. The normalized spacial score (nSPS) is 5.29. The Kier molecular flexibility index (Phi) is 21.5. The number of carboxylic acids is 1. The Labute approximate surface area is 58.7 Å². The summed E-state index contributed by atoms with van der Waals surface area (Å²) in [5, 5.41) is 7.59. The molecular weight excluding hydrogens is 162 g/mol. The Balaban J connectivity index is -0.0000000800. The molecule has 0 aliphatic heterocycles. The summed E-state index contributed by atoms with van der Waals surface area (Å²) in [4.78, 5) is 9.24. The lowest BCUT2D eigenvalue weighted by molar-refractivity contribution is -0.134. The van der Waals surface area contributed by atoms with Crippen molar-refractivity contribution in [3.63, 3.8) is 0 Å². The maximum Gasteiger partial charge on any atom is 0.318 e. The Morgan fingerprint density at radius 2 is 1.71 bits per heavy atom. The van der Waals surface area contributed by atoms with Gasteiger partial charge < -0.3 is 5.11 Å². The van der Waals surface area contributed by atoms with E-state index in [1.807, 2.05) is 0 Å². The Bertz CT molecular complexity index is 46.2. The second-order valence-electron chi connectivity index (χ2n) is 0.527. The molecule has 0 radical (unpaired) electrons. The average Bonchev–Trinajstić information content (AvgIpc) is 1.38. The molecule has 0 rings (SSSR count). The van der Waals surface area contributed by atoms with Crippen LogP contribution in [0.5, 0.6) is 0 Å². The Morgan fingerprint density at radius 1 is 1.57 bits per heavy atom. The van der Waals surface area contributed by atoms with Crippen molar-refractivity contribution < 1.29 is 9.90 Å². The molecule has 0 aromatic carbocycles. The monoisotopic (exact) mass is 166 g/mol. The van der Waals surface area contributed by atoms with E-state index in [9.17, 15) is 4.79 Å². The first-order chi connectivity index (χ1) is 2.27. The van der Waals surface area contributed by atoms with Gasteiger partial charge in [0.25, 0.3) is 0 Å². The molecule has 0 bridgehead atoms. The summed E-state index contributed by atoms with van der Waals surface area (Å²) < 4.78 is 0. The first-order valence-corrected chi connectivity index (χ1v) is 1.58. The van der Waals surface area contributed by atoms with Crippen LogP contribution in [0.15, 0.2) is 0 Å². The summed E-state index contributed by atoms with van der Waals surface area (Å²) in [7, 11) is 0. The molecule has 0 atom stereocenters. The lowest BCUT2D eigenvalue weighted by Gasteiger charge is -1.69. The highest BCUT2D eigenvalue weighted by Gasteiger charge is 1.83. The number of hydrogen-bond donors (Lipinski definition) is 1. The molecule has 0 saturated heterocycles. The number of rotatable bonds is 1. The molecular formula is C2H5Cl3O2. The van der Waals surface area contributed by atoms with E-state index < -0.39 is 5.97 Å². The van der Waals surface area contributed by atoms with Gasteiger partial charge in [0.2, 0.25) is 0 Å². The highest BCUT2D eigenvalue weighted by Crippen LogP contribution is 1.67. The van der Waals surface area contributed by atoms with Crippen LogP contribution in [0.25, 0.3) is 0 Å². The second kappa shape index (κ2) is 9.60. The van der Waals surface area contributed by atoms with Crippen LogP contribution in [-0.4, -0.2) is 17.0 Å². The molecule has 1 N–H and O–H groups in total. The third kappa shape index (κ3) is 21.8. The molecule has 0 spiro atoms. The van der Waals surface area contributed by atoms with Gasteiger partial charge in [0.15, 0.2) is 0 Å². The molecule has 0 aliphatic carbocycles. The fourth-order valence-electron chi connectivity index (χ4n) is 0. The second-order valence-corrected chi connectivity index (χ2v) is 0.795. The van der Waals surface area contributed by atoms with Gasteiger partial charge in [-0.15, -0.1) is 36.4 Å². The number of hydrogen-bond acceptors (Lipinski definition) is 1. The molecule has 0 aliphatic rings. The van der Waals surface area contributed by atoms with E-state index in [1.54, 1.807) is 0 Å².